The third-order valence-corrected chi connectivity index (χ3v) is 3.38. The van der Waals surface area contributed by atoms with Crippen LogP contribution in [0.3, 0.4) is 0 Å². The Hall–Kier alpha value is -1.49. The standard InChI is InChI=1S/C14H18N2/c1-11(2)14-7-4-8-16(14)13-6-3-5-12(9-13)10-15/h3,5-6,9,11,14H,4,7-8H2,1-2H3. The average Bonchev–Trinajstić information content (AvgIpc) is 2.78. The SMILES string of the molecule is CC(C)C1CCCN1c1cccc(C#N)c1. The van der Waals surface area contributed by atoms with Crippen LogP contribution in [0.4, 0.5) is 5.69 Å². The normalized spacial score (nSPS) is 20.1. The van der Waals surface area contributed by atoms with Crippen LogP contribution in [-0.4, -0.2) is 12.6 Å². The molecule has 2 heteroatoms. The van der Waals surface area contributed by atoms with Gasteiger partial charge >= 0.3 is 0 Å². The lowest BCUT2D eigenvalue weighted by atomic mass is 10.0. The molecule has 1 fully saturated rings. The number of anilines is 1. The molecule has 1 aromatic carbocycles. The van der Waals surface area contributed by atoms with E-state index in [1.54, 1.807) is 0 Å². The summed E-state index contributed by atoms with van der Waals surface area (Å²) in [6.07, 6.45) is 2.54. The zero-order valence-electron chi connectivity index (χ0n) is 9.98. The zero-order valence-corrected chi connectivity index (χ0v) is 9.98. The van der Waals surface area contributed by atoms with Crippen molar-refractivity contribution in [3.8, 4) is 6.07 Å². The fourth-order valence-corrected chi connectivity index (χ4v) is 2.56. The minimum atomic E-state index is 0.633. The Labute approximate surface area is 97.5 Å². The smallest absolute Gasteiger partial charge is 0.0992 e. The van der Waals surface area contributed by atoms with E-state index in [1.165, 1.54) is 18.5 Å². The summed E-state index contributed by atoms with van der Waals surface area (Å²) < 4.78 is 0. The molecule has 84 valence electrons. The third-order valence-electron chi connectivity index (χ3n) is 3.38. The van der Waals surface area contributed by atoms with E-state index in [1.807, 2.05) is 18.2 Å². The van der Waals surface area contributed by atoms with Gasteiger partial charge in [0.25, 0.3) is 0 Å². The summed E-state index contributed by atoms with van der Waals surface area (Å²) in [5, 5.41) is 8.91. The zero-order chi connectivity index (χ0) is 11.5. The molecule has 1 heterocycles. The highest BCUT2D eigenvalue weighted by molar-refractivity contribution is 5.53. The molecular weight excluding hydrogens is 196 g/mol. The van der Waals surface area contributed by atoms with Gasteiger partial charge < -0.3 is 4.90 Å². The molecule has 0 spiro atoms. The van der Waals surface area contributed by atoms with Crippen LogP contribution >= 0.6 is 0 Å². The number of nitrogens with zero attached hydrogens (tertiary/aromatic N) is 2. The Kier molecular flexibility index (Phi) is 3.14. The quantitative estimate of drug-likeness (QED) is 0.756. The number of hydrogen-bond acceptors (Lipinski definition) is 2. The first-order valence-corrected chi connectivity index (χ1v) is 5.99. The van der Waals surface area contributed by atoms with Crippen LogP contribution in [0, 0.1) is 17.2 Å². The fourth-order valence-electron chi connectivity index (χ4n) is 2.56. The topological polar surface area (TPSA) is 27.0 Å². The molecule has 0 aromatic heterocycles. The maximum atomic E-state index is 8.91. The maximum Gasteiger partial charge on any atom is 0.0992 e. The molecule has 0 aliphatic carbocycles. The molecule has 0 bridgehead atoms. The van der Waals surface area contributed by atoms with Crippen LogP contribution in [0.5, 0.6) is 0 Å². The van der Waals surface area contributed by atoms with Crippen LogP contribution in [0.25, 0.3) is 0 Å². The Balaban J connectivity index is 2.26. The summed E-state index contributed by atoms with van der Waals surface area (Å²) in [6.45, 7) is 5.67. The van der Waals surface area contributed by atoms with E-state index in [2.05, 4.69) is 30.9 Å². The van der Waals surface area contributed by atoms with E-state index in [9.17, 15) is 0 Å². The van der Waals surface area contributed by atoms with Crippen LogP contribution < -0.4 is 4.90 Å². The van der Waals surface area contributed by atoms with Gasteiger partial charge in [0.15, 0.2) is 0 Å². The Morgan fingerprint density at radius 2 is 2.25 bits per heavy atom. The van der Waals surface area contributed by atoms with Gasteiger partial charge in [0.05, 0.1) is 11.6 Å². The molecule has 1 unspecified atom stereocenters. The average molecular weight is 214 g/mol. The molecule has 0 amide bonds. The van der Waals surface area contributed by atoms with Crippen molar-refractivity contribution < 1.29 is 0 Å². The summed E-state index contributed by atoms with van der Waals surface area (Å²) in [5.74, 6) is 0.674. The van der Waals surface area contributed by atoms with Gasteiger partial charge in [0.1, 0.15) is 0 Å². The summed E-state index contributed by atoms with van der Waals surface area (Å²) in [6, 6.07) is 10.8. The lowest BCUT2D eigenvalue weighted by Gasteiger charge is -2.29. The minimum absolute atomic E-state index is 0.633. The van der Waals surface area contributed by atoms with Crippen molar-refractivity contribution in [2.45, 2.75) is 32.7 Å². The molecule has 0 radical (unpaired) electrons. The molecule has 2 rings (SSSR count). The molecular formula is C14H18N2. The summed E-state index contributed by atoms with van der Waals surface area (Å²) in [7, 11) is 0. The highest BCUT2D eigenvalue weighted by Gasteiger charge is 2.27. The Morgan fingerprint density at radius 3 is 2.94 bits per heavy atom. The highest BCUT2D eigenvalue weighted by Crippen LogP contribution is 2.29. The van der Waals surface area contributed by atoms with E-state index in [0.29, 0.717) is 12.0 Å². The number of hydrogen-bond donors (Lipinski definition) is 0. The number of benzene rings is 1. The van der Waals surface area contributed by atoms with Crippen molar-refractivity contribution in [3.63, 3.8) is 0 Å². The van der Waals surface area contributed by atoms with E-state index in [0.717, 1.165) is 12.1 Å². The largest absolute Gasteiger partial charge is 0.368 e. The summed E-state index contributed by atoms with van der Waals surface area (Å²) >= 11 is 0. The van der Waals surface area contributed by atoms with E-state index < -0.39 is 0 Å². The predicted octanol–water partition coefficient (Wildman–Crippen LogP) is 3.18. The molecule has 16 heavy (non-hydrogen) atoms. The van der Waals surface area contributed by atoms with Gasteiger partial charge in [-0.15, -0.1) is 0 Å². The van der Waals surface area contributed by atoms with Crippen LogP contribution in [0.1, 0.15) is 32.3 Å². The minimum Gasteiger partial charge on any atom is -0.368 e. The molecule has 1 saturated heterocycles. The monoisotopic (exact) mass is 214 g/mol. The molecule has 1 atom stereocenters. The second-order valence-electron chi connectivity index (χ2n) is 4.81. The maximum absolute atomic E-state index is 8.91. The molecule has 0 N–H and O–H groups in total. The van der Waals surface area contributed by atoms with Crippen molar-refractivity contribution in [1.29, 1.82) is 5.26 Å². The first-order valence-electron chi connectivity index (χ1n) is 5.99. The molecule has 1 aromatic rings. The first-order chi connectivity index (χ1) is 7.72. The second-order valence-corrected chi connectivity index (χ2v) is 4.81. The lowest BCUT2D eigenvalue weighted by molar-refractivity contribution is 0.492. The van der Waals surface area contributed by atoms with Crippen molar-refractivity contribution >= 4 is 5.69 Å². The molecule has 1 aliphatic heterocycles. The lowest BCUT2D eigenvalue weighted by Crippen LogP contribution is -2.33. The number of rotatable bonds is 2. The highest BCUT2D eigenvalue weighted by atomic mass is 15.2. The predicted molar refractivity (Wildman–Crippen MR) is 66.4 cm³/mol. The summed E-state index contributed by atoms with van der Waals surface area (Å²) in [4.78, 5) is 2.45. The first kappa shape index (κ1) is 11.0. The van der Waals surface area contributed by atoms with Gasteiger partial charge in [-0.25, -0.2) is 0 Å². The van der Waals surface area contributed by atoms with E-state index in [-0.39, 0.29) is 0 Å². The van der Waals surface area contributed by atoms with Gasteiger partial charge in [-0.05, 0) is 37.0 Å². The van der Waals surface area contributed by atoms with Gasteiger partial charge in [-0.2, -0.15) is 5.26 Å². The van der Waals surface area contributed by atoms with E-state index in [4.69, 9.17) is 5.26 Å². The van der Waals surface area contributed by atoms with Gasteiger partial charge in [-0.3, -0.25) is 0 Å². The van der Waals surface area contributed by atoms with Gasteiger partial charge in [0.2, 0.25) is 0 Å². The fraction of sp³-hybridized carbons (Fsp3) is 0.500. The Bertz CT molecular complexity index is 403. The molecule has 2 nitrogen and oxygen atoms in total. The van der Waals surface area contributed by atoms with Crippen molar-refractivity contribution in [2.24, 2.45) is 5.92 Å². The second kappa shape index (κ2) is 4.57. The van der Waals surface area contributed by atoms with Gasteiger partial charge in [0, 0.05) is 18.3 Å². The van der Waals surface area contributed by atoms with Crippen LogP contribution in [0.15, 0.2) is 24.3 Å². The van der Waals surface area contributed by atoms with Crippen LogP contribution in [-0.2, 0) is 0 Å². The van der Waals surface area contributed by atoms with Crippen molar-refractivity contribution in [1.82, 2.24) is 0 Å². The molecule has 1 aliphatic rings. The number of nitriles is 1. The summed E-state index contributed by atoms with van der Waals surface area (Å²) in [5.41, 5.74) is 1.96. The Morgan fingerprint density at radius 1 is 1.44 bits per heavy atom. The van der Waals surface area contributed by atoms with E-state index >= 15 is 0 Å². The van der Waals surface area contributed by atoms with Crippen molar-refractivity contribution in [3.05, 3.63) is 29.8 Å². The van der Waals surface area contributed by atoms with Crippen molar-refractivity contribution in [2.75, 3.05) is 11.4 Å². The molecule has 0 saturated carbocycles. The van der Waals surface area contributed by atoms with Crippen LogP contribution in [0.2, 0.25) is 0 Å². The third kappa shape index (κ3) is 2.04. The van der Waals surface area contributed by atoms with Gasteiger partial charge in [-0.1, -0.05) is 19.9 Å².